The molecule has 0 radical (unpaired) electrons. The molecule has 0 N–H and O–H groups in total. The number of ether oxygens (including phenoxy) is 2. The smallest absolute Gasteiger partial charge is 0.348 e. The number of carbonyl (C=O) groups excluding carboxylic acids is 2. The maximum Gasteiger partial charge on any atom is 0.348 e. The van der Waals surface area contributed by atoms with Crippen molar-refractivity contribution in [3.8, 4) is 0 Å². The lowest BCUT2D eigenvalue weighted by molar-refractivity contribution is 0.0437. The molecule has 2 heterocycles. The fraction of sp³-hybridized carbons (Fsp3) is 0.125. The van der Waals surface area contributed by atoms with Gasteiger partial charge in [0.15, 0.2) is 12.4 Å². The molecule has 118 valence electrons. The number of hydrogen-bond donors (Lipinski definition) is 0. The number of thiophene rings is 1. The molecule has 0 fully saturated rings. The largest absolute Gasteiger partial charge is 0.465 e. The van der Waals surface area contributed by atoms with Gasteiger partial charge in [-0.15, -0.1) is 11.3 Å². The Bertz CT molecular complexity index is 880. The number of benzene rings is 1. The number of halogens is 1. The minimum atomic E-state index is -0.613. The molecular formula is C16H11FO5S. The fourth-order valence-electron chi connectivity index (χ4n) is 2.07. The molecular weight excluding hydrogens is 323 g/mol. The fourth-order valence-corrected chi connectivity index (χ4v) is 3.04. The van der Waals surface area contributed by atoms with Crippen LogP contribution in [0, 0.1) is 5.82 Å². The summed E-state index contributed by atoms with van der Waals surface area (Å²) in [6.45, 7) is -0.215. The molecule has 3 rings (SSSR count). The van der Waals surface area contributed by atoms with E-state index in [0.29, 0.717) is 10.1 Å². The van der Waals surface area contributed by atoms with E-state index < -0.39 is 17.8 Å². The van der Waals surface area contributed by atoms with Gasteiger partial charge in [-0.25, -0.2) is 14.0 Å². The molecule has 7 heteroatoms. The quantitative estimate of drug-likeness (QED) is 0.679. The Morgan fingerprint density at radius 3 is 2.83 bits per heavy atom. The zero-order chi connectivity index (χ0) is 16.4. The Morgan fingerprint density at radius 2 is 2.09 bits per heavy atom. The number of esters is 2. The van der Waals surface area contributed by atoms with Crippen LogP contribution in [0.2, 0.25) is 0 Å². The molecule has 0 atom stereocenters. The van der Waals surface area contributed by atoms with Gasteiger partial charge in [-0.1, -0.05) is 6.07 Å². The zero-order valence-electron chi connectivity index (χ0n) is 12.0. The van der Waals surface area contributed by atoms with Gasteiger partial charge >= 0.3 is 11.9 Å². The molecule has 0 amide bonds. The molecule has 0 unspecified atom stereocenters. The van der Waals surface area contributed by atoms with Crippen molar-refractivity contribution in [1.29, 1.82) is 0 Å². The van der Waals surface area contributed by atoms with Crippen LogP contribution in [0.1, 0.15) is 25.8 Å². The first-order valence-electron chi connectivity index (χ1n) is 6.60. The van der Waals surface area contributed by atoms with Gasteiger partial charge < -0.3 is 13.9 Å². The molecule has 0 saturated carbocycles. The van der Waals surface area contributed by atoms with Crippen molar-refractivity contribution in [3.05, 3.63) is 58.6 Å². The second-order valence-electron chi connectivity index (χ2n) is 4.59. The summed E-state index contributed by atoms with van der Waals surface area (Å²) < 4.78 is 29.1. The van der Waals surface area contributed by atoms with E-state index in [1.165, 1.54) is 31.6 Å². The highest BCUT2D eigenvalue weighted by Gasteiger charge is 2.18. The lowest BCUT2D eigenvalue weighted by atomic mass is 10.2. The highest BCUT2D eigenvalue weighted by molar-refractivity contribution is 7.20. The molecule has 5 nitrogen and oxygen atoms in total. The van der Waals surface area contributed by atoms with Crippen LogP contribution in [-0.4, -0.2) is 19.0 Å². The van der Waals surface area contributed by atoms with Crippen LogP contribution in [0.3, 0.4) is 0 Å². The Morgan fingerprint density at radius 1 is 1.26 bits per heavy atom. The van der Waals surface area contributed by atoms with E-state index in [4.69, 9.17) is 9.15 Å². The minimum absolute atomic E-state index is 0.192. The standard InChI is InChI=1S/C16H11FO5S/c1-20-15(18)9-5-6-21-12(9)8-22-16(19)14-7-10-11(17)3-2-4-13(10)23-14/h2-7H,8H2,1H3. The molecule has 0 aliphatic heterocycles. The Labute approximate surface area is 134 Å². The van der Waals surface area contributed by atoms with Crippen LogP contribution in [0.15, 0.2) is 41.0 Å². The summed E-state index contributed by atoms with van der Waals surface area (Å²) >= 11 is 1.13. The molecule has 3 aromatic rings. The molecule has 23 heavy (non-hydrogen) atoms. The summed E-state index contributed by atoms with van der Waals surface area (Å²) in [6.07, 6.45) is 1.31. The summed E-state index contributed by atoms with van der Waals surface area (Å²) in [5, 5.41) is 0.373. The summed E-state index contributed by atoms with van der Waals surface area (Å²) in [6, 6.07) is 7.51. The Balaban J connectivity index is 1.75. The monoisotopic (exact) mass is 334 g/mol. The third-order valence-corrected chi connectivity index (χ3v) is 4.27. The summed E-state index contributed by atoms with van der Waals surface area (Å²) in [4.78, 5) is 23.9. The van der Waals surface area contributed by atoms with Crippen LogP contribution >= 0.6 is 11.3 Å². The lowest BCUT2D eigenvalue weighted by Gasteiger charge is -2.02. The summed E-state index contributed by atoms with van der Waals surface area (Å²) in [7, 11) is 1.25. The second-order valence-corrected chi connectivity index (χ2v) is 5.67. The summed E-state index contributed by atoms with van der Waals surface area (Å²) in [5.74, 6) is -1.39. The molecule has 0 bridgehead atoms. The van der Waals surface area contributed by atoms with E-state index in [0.717, 1.165) is 11.3 Å². The highest BCUT2D eigenvalue weighted by Crippen LogP contribution is 2.28. The van der Waals surface area contributed by atoms with Crippen molar-refractivity contribution in [2.24, 2.45) is 0 Å². The Hall–Kier alpha value is -2.67. The van der Waals surface area contributed by atoms with Gasteiger partial charge in [0.1, 0.15) is 16.3 Å². The topological polar surface area (TPSA) is 65.7 Å². The molecule has 2 aromatic heterocycles. The minimum Gasteiger partial charge on any atom is -0.465 e. The maximum atomic E-state index is 13.6. The number of rotatable bonds is 4. The van der Waals surface area contributed by atoms with E-state index >= 15 is 0 Å². The number of fused-ring (bicyclic) bond motifs is 1. The van der Waals surface area contributed by atoms with Gasteiger partial charge in [-0.3, -0.25) is 0 Å². The van der Waals surface area contributed by atoms with Crippen molar-refractivity contribution in [2.75, 3.05) is 7.11 Å². The van der Waals surface area contributed by atoms with Crippen LogP contribution in [0.5, 0.6) is 0 Å². The van der Waals surface area contributed by atoms with Gasteiger partial charge in [-0.05, 0) is 24.3 Å². The molecule has 0 aliphatic carbocycles. The number of furan rings is 1. The van der Waals surface area contributed by atoms with E-state index in [-0.39, 0.29) is 22.8 Å². The van der Waals surface area contributed by atoms with E-state index in [1.807, 2.05) is 0 Å². The Kier molecular flexibility index (Phi) is 4.12. The first kappa shape index (κ1) is 15.2. The third-order valence-electron chi connectivity index (χ3n) is 3.19. The van der Waals surface area contributed by atoms with Crippen LogP contribution < -0.4 is 0 Å². The van der Waals surface area contributed by atoms with E-state index in [1.54, 1.807) is 12.1 Å². The van der Waals surface area contributed by atoms with Gasteiger partial charge in [0.25, 0.3) is 0 Å². The molecule has 0 spiro atoms. The van der Waals surface area contributed by atoms with Crippen molar-refractivity contribution in [3.63, 3.8) is 0 Å². The van der Waals surface area contributed by atoms with Gasteiger partial charge in [0, 0.05) is 10.1 Å². The van der Waals surface area contributed by atoms with Gasteiger partial charge in [0.05, 0.1) is 13.4 Å². The first-order valence-corrected chi connectivity index (χ1v) is 7.41. The number of carbonyl (C=O) groups is 2. The lowest BCUT2D eigenvalue weighted by Crippen LogP contribution is -2.07. The summed E-state index contributed by atoms with van der Waals surface area (Å²) in [5.41, 5.74) is 0.197. The van der Waals surface area contributed by atoms with Crippen molar-refractivity contribution < 1.29 is 27.9 Å². The van der Waals surface area contributed by atoms with Crippen molar-refractivity contribution in [2.45, 2.75) is 6.61 Å². The van der Waals surface area contributed by atoms with Crippen molar-refractivity contribution in [1.82, 2.24) is 0 Å². The third kappa shape index (κ3) is 2.95. The maximum absolute atomic E-state index is 13.6. The predicted molar refractivity (Wildman–Crippen MR) is 81.0 cm³/mol. The molecule has 0 aliphatic rings. The zero-order valence-corrected chi connectivity index (χ0v) is 12.8. The highest BCUT2D eigenvalue weighted by atomic mass is 32.1. The molecule has 0 saturated heterocycles. The number of hydrogen-bond acceptors (Lipinski definition) is 6. The normalized spacial score (nSPS) is 10.7. The van der Waals surface area contributed by atoms with Crippen LogP contribution in [-0.2, 0) is 16.1 Å². The van der Waals surface area contributed by atoms with Crippen LogP contribution in [0.4, 0.5) is 4.39 Å². The average molecular weight is 334 g/mol. The van der Waals surface area contributed by atoms with E-state index in [2.05, 4.69) is 4.74 Å². The van der Waals surface area contributed by atoms with Gasteiger partial charge in [0.2, 0.25) is 0 Å². The second kappa shape index (κ2) is 6.21. The van der Waals surface area contributed by atoms with Crippen LogP contribution in [0.25, 0.3) is 10.1 Å². The average Bonchev–Trinajstić information content (AvgIpc) is 3.19. The SMILES string of the molecule is COC(=O)c1ccoc1COC(=O)c1cc2c(F)cccc2s1. The molecule has 1 aromatic carbocycles. The van der Waals surface area contributed by atoms with Crippen molar-refractivity contribution >= 4 is 33.4 Å². The van der Waals surface area contributed by atoms with Gasteiger partial charge in [-0.2, -0.15) is 0 Å². The number of methoxy groups -OCH3 is 1. The van der Waals surface area contributed by atoms with E-state index in [9.17, 15) is 14.0 Å². The first-order chi connectivity index (χ1) is 11.1. The predicted octanol–water partition coefficient (Wildman–Crippen LogP) is 3.78.